The Morgan fingerprint density at radius 3 is 2.65 bits per heavy atom. The van der Waals surface area contributed by atoms with Crippen LogP contribution in [-0.2, 0) is 11.3 Å². The molecule has 1 rings (SSSR count). The van der Waals surface area contributed by atoms with Gasteiger partial charge in [-0.25, -0.2) is 0 Å². The number of anilines is 1. The summed E-state index contributed by atoms with van der Waals surface area (Å²) < 4.78 is 5.10. The molecule has 0 aromatic heterocycles. The molecule has 0 aliphatic rings. The van der Waals surface area contributed by atoms with Crippen LogP contribution in [0.3, 0.4) is 0 Å². The largest absolute Gasteiger partial charge is 0.392 e. The van der Waals surface area contributed by atoms with Gasteiger partial charge in [0, 0.05) is 43.6 Å². The predicted octanol–water partition coefficient (Wildman–Crippen LogP) is 2.20. The second-order valence-electron chi connectivity index (χ2n) is 5.06. The summed E-state index contributed by atoms with van der Waals surface area (Å²) in [6, 6.07) is 4.59. The molecule has 0 fully saturated rings. The molecule has 0 unspecified atom stereocenters. The Bertz CT molecular complexity index is 449. The monoisotopic (exact) mass is 282 g/mol. The molecule has 0 bridgehead atoms. The van der Waals surface area contributed by atoms with Gasteiger partial charge in [-0.05, 0) is 12.0 Å². The summed E-state index contributed by atoms with van der Waals surface area (Å²) in [7, 11) is 1.64. The summed E-state index contributed by atoms with van der Waals surface area (Å²) in [6.45, 7) is 6.02. The zero-order valence-electron chi connectivity index (χ0n) is 12.2. The number of methoxy groups -OCH3 is 1. The van der Waals surface area contributed by atoms with Gasteiger partial charge in [0.05, 0.1) is 18.1 Å². The third kappa shape index (κ3) is 4.47. The van der Waals surface area contributed by atoms with Crippen LogP contribution >= 0.6 is 0 Å². The highest BCUT2D eigenvalue weighted by molar-refractivity contribution is 5.57. The Morgan fingerprint density at radius 1 is 1.45 bits per heavy atom. The number of hydrogen-bond acceptors (Lipinski definition) is 5. The number of nitro benzene ring substituents is 1. The molecule has 112 valence electrons. The molecule has 0 atom stereocenters. The standard InChI is InChI=1S/C14H22N2O4/c1-11(2)9-15(6-7-20-3)14-5-4-13(16(18)19)8-12(14)10-17/h4-5,8,11,17H,6-7,9-10H2,1-3H3. The molecular weight excluding hydrogens is 260 g/mol. The number of nitro groups is 1. The maximum absolute atomic E-state index is 10.8. The van der Waals surface area contributed by atoms with Crippen molar-refractivity contribution in [2.45, 2.75) is 20.5 Å². The van der Waals surface area contributed by atoms with Crippen molar-refractivity contribution in [2.75, 3.05) is 31.7 Å². The first kappa shape index (κ1) is 16.4. The van der Waals surface area contributed by atoms with E-state index in [1.807, 2.05) is 0 Å². The number of aliphatic hydroxyl groups is 1. The van der Waals surface area contributed by atoms with Crippen molar-refractivity contribution < 1.29 is 14.8 Å². The van der Waals surface area contributed by atoms with E-state index in [-0.39, 0.29) is 12.3 Å². The molecule has 1 aromatic carbocycles. The van der Waals surface area contributed by atoms with E-state index in [4.69, 9.17) is 4.74 Å². The molecule has 0 amide bonds. The van der Waals surface area contributed by atoms with Crippen molar-refractivity contribution in [3.05, 3.63) is 33.9 Å². The van der Waals surface area contributed by atoms with Gasteiger partial charge in [-0.3, -0.25) is 10.1 Å². The van der Waals surface area contributed by atoms with Gasteiger partial charge in [0.1, 0.15) is 0 Å². The highest BCUT2D eigenvalue weighted by atomic mass is 16.6. The average Bonchev–Trinajstić information content (AvgIpc) is 2.42. The summed E-state index contributed by atoms with van der Waals surface area (Å²) >= 11 is 0. The fourth-order valence-electron chi connectivity index (χ4n) is 2.07. The zero-order valence-corrected chi connectivity index (χ0v) is 12.2. The van der Waals surface area contributed by atoms with Crippen molar-refractivity contribution in [2.24, 2.45) is 5.92 Å². The molecule has 0 spiro atoms. The molecule has 0 aliphatic heterocycles. The Balaban J connectivity index is 3.07. The average molecular weight is 282 g/mol. The van der Waals surface area contributed by atoms with Crippen LogP contribution in [0.15, 0.2) is 18.2 Å². The quantitative estimate of drug-likeness (QED) is 0.584. The molecule has 0 saturated carbocycles. The van der Waals surface area contributed by atoms with Crippen LogP contribution in [-0.4, -0.2) is 36.8 Å². The van der Waals surface area contributed by atoms with E-state index >= 15 is 0 Å². The van der Waals surface area contributed by atoms with Gasteiger partial charge in [-0.15, -0.1) is 0 Å². The van der Waals surface area contributed by atoms with E-state index in [1.54, 1.807) is 13.2 Å². The summed E-state index contributed by atoms with van der Waals surface area (Å²) in [5, 5.41) is 20.2. The lowest BCUT2D eigenvalue weighted by Crippen LogP contribution is -2.31. The molecule has 0 radical (unpaired) electrons. The summed E-state index contributed by atoms with van der Waals surface area (Å²) in [5.74, 6) is 0.439. The zero-order chi connectivity index (χ0) is 15.1. The van der Waals surface area contributed by atoms with E-state index in [0.29, 0.717) is 24.6 Å². The van der Waals surface area contributed by atoms with Crippen molar-refractivity contribution in [1.82, 2.24) is 0 Å². The number of aliphatic hydroxyl groups excluding tert-OH is 1. The third-order valence-corrected chi connectivity index (χ3v) is 2.94. The number of ether oxygens (including phenoxy) is 1. The smallest absolute Gasteiger partial charge is 0.269 e. The van der Waals surface area contributed by atoms with E-state index in [2.05, 4.69) is 18.7 Å². The van der Waals surface area contributed by atoms with Crippen LogP contribution in [0.5, 0.6) is 0 Å². The summed E-state index contributed by atoms with van der Waals surface area (Å²) in [5.41, 5.74) is 1.38. The number of non-ortho nitro benzene ring substituents is 1. The summed E-state index contributed by atoms with van der Waals surface area (Å²) in [6.07, 6.45) is 0. The van der Waals surface area contributed by atoms with Crippen LogP contribution in [0.4, 0.5) is 11.4 Å². The third-order valence-electron chi connectivity index (χ3n) is 2.94. The van der Waals surface area contributed by atoms with Crippen molar-refractivity contribution in [3.8, 4) is 0 Å². The molecule has 1 N–H and O–H groups in total. The van der Waals surface area contributed by atoms with Crippen LogP contribution in [0, 0.1) is 16.0 Å². The fraction of sp³-hybridized carbons (Fsp3) is 0.571. The summed E-state index contributed by atoms with van der Waals surface area (Å²) in [4.78, 5) is 12.4. The number of benzene rings is 1. The van der Waals surface area contributed by atoms with Crippen molar-refractivity contribution in [1.29, 1.82) is 0 Å². The van der Waals surface area contributed by atoms with E-state index < -0.39 is 4.92 Å². The number of nitrogens with zero attached hydrogens (tertiary/aromatic N) is 2. The van der Waals surface area contributed by atoms with Gasteiger partial charge < -0.3 is 14.7 Å². The minimum atomic E-state index is -0.453. The molecule has 6 nitrogen and oxygen atoms in total. The predicted molar refractivity (Wildman–Crippen MR) is 77.9 cm³/mol. The Morgan fingerprint density at radius 2 is 2.15 bits per heavy atom. The van der Waals surface area contributed by atoms with Gasteiger partial charge in [0.25, 0.3) is 5.69 Å². The minimum absolute atomic E-state index is 0.00552. The van der Waals surface area contributed by atoms with Crippen LogP contribution < -0.4 is 4.90 Å². The first-order valence-electron chi connectivity index (χ1n) is 6.61. The fourth-order valence-corrected chi connectivity index (χ4v) is 2.07. The minimum Gasteiger partial charge on any atom is -0.392 e. The van der Waals surface area contributed by atoms with Crippen molar-refractivity contribution >= 4 is 11.4 Å². The van der Waals surface area contributed by atoms with Gasteiger partial charge in [0.15, 0.2) is 0 Å². The molecule has 0 saturated heterocycles. The van der Waals surface area contributed by atoms with Gasteiger partial charge in [-0.1, -0.05) is 13.8 Å². The van der Waals surface area contributed by atoms with E-state index in [1.165, 1.54) is 12.1 Å². The normalized spacial score (nSPS) is 10.8. The van der Waals surface area contributed by atoms with Crippen molar-refractivity contribution in [3.63, 3.8) is 0 Å². The Labute approximate surface area is 119 Å². The SMILES string of the molecule is COCCN(CC(C)C)c1ccc([N+](=O)[O-])cc1CO. The van der Waals surface area contributed by atoms with Crippen LogP contribution in [0.1, 0.15) is 19.4 Å². The highest BCUT2D eigenvalue weighted by Crippen LogP contribution is 2.26. The lowest BCUT2D eigenvalue weighted by atomic mass is 10.1. The van der Waals surface area contributed by atoms with Gasteiger partial charge in [0.2, 0.25) is 0 Å². The van der Waals surface area contributed by atoms with Gasteiger partial charge >= 0.3 is 0 Å². The topological polar surface area (TPSA) is 75.8 Å². The lowest BCUT2D eigenvalue weighted by molar-refractivity contribution is -0.384. The van der Waals surface area contributed by atoms with E-state index in [0.717, 1.165) is 12.2 Å². The first-order chi connectivity index (χ1) is 9.49. The van der Waals surface area contributed by atoms with Crippen LogP contribution in [0.2, 0.25) is 0 Å². The lowest BCUT2D eigenvalue weighted by Gasteiger charge is -2.28. The van der Waals surface area contributed by atoms with Gasteiger partial charge in [-0.2, -0.15) is 0 Å². The molecule has 0 heterocycles. The number of rotatable bonds is 8. The molecule has 1 aromatic rings. The second kappa shape index (κ2) is 7.81. The Hall–Kier alpha value is -1.66. The number of hydrogen-bond donors (Lipinski definition) is 1. The molecule has 0 aliphatic carbocycles. The van der Waals surface area contributed by atoms with Crippen LogP contribution in [0.25, 0.3) is 0 Å². The maximum Gasteiger partial charge on any atom is 0.269 e. The Kier molecular flexibility index (Phi) is 6.41. The molecular formula is C14H22N2O4. The highest BCUT2D eigenvalue weighted by Gasteiger charge is 2.16. The first-order valence-corrected chi connectivity index (χ1v) is 6.61. The second-order valence-corrected chi connectivity index (χ2v) is 5.06. The molecule has 6 heteroatoms. The maximum atomic E-state index is 10.8. The van der Waals surface area contributed by atoms with E-state index in [9.17, 15) is 15.2 Å². The molecule has 20 heavy (non-hydrogen) atoms.